The molecule has 1 aromatic heterocycles. The summed E-state index contributed by atoms with van der Waals surface area (Å²) in [5, 5.41) is 1.25. The predicted molar refractivity (Wildman–Crippen MR) is 77.5 cm³/mol. The maximum Gasteiger partial charge on any atom is 0.0458 e. The highest BCUT2D eigenvalue weighted by Gasteiger charge is 2.25. The number of rotatable bonds is 3. The van der Waals surface area contributed by atoms with Gasteiger partial charge in [-0.1, -0.05) is 28.8 Å². The molecule has 0 amide bonds. The number of hydrogen-bond donors (Lipinski definition) is 2. The largest absolute Gasteiger partial charge is 0.361 e. The number of hydrogen-bond acceptors (Lipinski definition) is 1. The van der Waals surface area contributed by atoms with E-state index in [9.17, 15) is 0 Å². The van der Waals surface area contributed by atoms with Crippen LogP contribution in [0.1, 0.15) is 30.9 Å². The molecule has 1 aliphatic carbocycles. The first-order valence-electron chi connectivity index (χ1n) is 5.76. The molecule has 1 saturated carbocycles. The molecule has 1 heterocycles. The van der Waals surface area contributed by atoms with Gasteiger partial charge in [-0.3, -0.25) is 0 Å². The first-order valence-corrected chi connectivity index (χ1v) is 6.55. The zero-order chi connectivity index (χ0) is 11.1. The van der Waals surface area contributed by atoms with Gasteiger partial charge < -0.3 is 10.7 Å². The molecule has 1 fully saturated rings. The number of aromatic amines is 1. The number of fused-ring (bicyclic) bond motifs is 1. The third-order valence-electron chi connectivity index (χ3n) is 3.36. The molecule has 0 saturated heterocycles. The molecule has 92 valence electrons. The molecular weight excluding hydrogens is 300 g/mol. The van der Waals surface area contributed by atoms with Gasteiger partial charge in [0.25, 0.3) is 0 Å². The van der Waals surface area contributed by atoms with Gasteiger partial charge in [0.05, 0.1) is 0 Å². The predicted octanol–water partition coefficient (Wildman–Crippen LogP) is 4.15. The Hall–Kier alpha value is -0.510. The van der Waals surface area contributed by atoms with Crippen molar-refractivity contribution in [3.05, 3.63) is 34.4 Å². The minimum Gasteiger partial charge on any atom is -0.361 e. The van der Waals surface area contributed by atoms with Crippen LogP contribution in [0.3, 0.4) is 0 Å². The summed E-state index contributed by atoms with van der Waals surface area (Å²) >= 11 is 3.51. The van der Waals surface area contributed by atoms with E-state index in [1.165, 1.54) is 29.3 Å². The Morgan fingerprint density at radius 2 is 2.18 bits per heavy atom. The lowest BCUT2D eigenvalue weighted by molar-refractivity contribution is 0.600. The van der Waals surface area contributed by atoms with E-state index < -0.39 is 0 Å². The van der Waals surface area contributed by atoms with Crippen LogP contribution in [0.25, 0.3) is 10.9 Å². The van der Waals surface area contributed by atoms with Crippen molar-refractivity contribution in [2.24, 2.45) is 11.7 Å². The van der Waals surface area contributed by atoms with Gasteiger partial charge in [0.1, 0.15) is 0 Å². The lowest BCUT2D eigenvalue weighted by atomic mass is 10.0. The maximum absolute atomic E-state index is 6.26. The summed E-state index contributed by atoms with van der Waals surface area (Å²) in [5.74, 6) is 0.868. The van der Waals surface area contributed by atoms with Crippen molar-refractivity contribution in [1.82, 2.24) is 4.98 Å². The summed E-state index contributed by atoms with van der Waals surface area (Å²) in [4.78, 5) is 3.29. The van der Waals surface area contributed by atoms with Gasteiger partial charge in [-0.05, 0) is 36.1 Å². The molecule has 3 N–H and O–H groups in total. The Balaban J connectivity index is 0.00000108. The van der Waals surface area contributed by atoms with Crippen LogP contribution >= 0.6 is 28.3 Å². The van der Waals surface area contributed by atoms with Crippen molar-refractivity contribution >= 4 is 39.2 Å². The number of nitrogens with one attached hydrogen (secondary N) is 1. The number of benzene rings is 1. The molecule has 4 heteroatoms. The van der Waals surface area contributed by atoms with Crippen LogP contribution in [0.5, 0.6) is 0 Å². The molecule has 1 aliphatic rings. The Kier molecular flexibility index (Phi) is 3.81. The van der Waals surface area contributed by atoms with E-state index in [1.807, 2.05) is 0 Å². The van der Waals surface area contributed by atoms with E-state index in [4.69, 9.17) is 5.73 Å². The van der Waals surface area contributed by atoms with Crippen LogP contribution in [0, 0.1) is 5.92 Å². The minimum atomic E-state index is 0. The van der Waals surface area contributed by atoms with Crippen LogP contribution in [-0.2, 0) is 0 Å². The zero-order valence-electron chi connectivity index (χ0n) is 9.45. The second-order valence-corrected chi connectivity index (χ2v) is 5.64. The summed E-state index contributed by atoms with van der Waals surface area (Å²) < 4.78 is 1.11. The van der Waals surface area contributed by atoms with Crippen LogP contribution in [0.4, 0.5) is 0 Å². The summed E-state index contributed by atoms with van der Waals surface area (Å²) in [5.41, 5.74) is 8.68. The molecule has 0 aliphatic heterocycles. The van der Waals surface area contributed by atoms with E-state index in [0.717, 1.165) is 16.8 Å². The number of aromatic nitrogens is 1. The monoisotopic (exact) mass is 314 g/mol. The van der Waals surface area contributed by atoms with Crippen LogP contribution in [-0.4, -0.2) is 4.98 Å². The Labute approximate surface area is 116 Å². The first-order chi connectivity index (χ1) is 7.74. The molecule has 0 unspecified atom stereocenters. The number of H-pyrrole nitrogens is 1. The van der Waals surface area contributed by atoms with Gasteiger partial charge in [0.15, 0.2) is 0 Å². The average Bonchev–Trinajstić information content (AvgIpc) is 2.96. The quantitative estimate of drug-likeness (QED) is 0.877. The van der Waals surface area contributed by atoms with Crippen LogP contribution in [0.2, 0.25) is 0 Å². The molecule has 2 aromatic rings. The standard InChI is InChI=1S/C13H15BrN2.ClH/c14-9-3-4-13-10(6-9)11(7-16-13)12(15)5-8-1-2-8;/h3-4,6-8,12,16H,1-2,5,15H2;1H/t12-;/m1./s1. The average molecular weight is 316 g/mol. The Morgan fingerprint density at radius 3 is 2.88 bits per heavy atom. The molecular formula is C13H16BrClN2. The lowest BCUT2D eigenvalue weighted by Crippen LogP contribution is -2.10. The van der Waals surface area contributed by atoms with E-state index in [1.54, 1.807) is 0 Å². The summed E-state index contributed by atoms with van der Waals surface area (Å²) in [6.07, 6.45) is 5.91. The number of nitrogens with two attached hydrogens (primary N) is 1. The van der Waals surface area contributed by atoms with Gasteiger partial charge in [-0.2, -0.15) is 0 Å². The highest BCUT2D eigenvalue weighted by atomic mass is 79.9. The topological polar surface area (TPSA) is 41.8 Å². The second-order valence-electron chi connectivity index (χ2n) is 4.72. The minimum absolute atomic E-state index is 0. The molecule has 1 aromatic carbocycles. The Morgan fingerprint density at radius 1 is 1.41 bits per heavy atom. The van der Waals surface area contributed by atoms with E-state index >= 15 is 0 Å². The second kappa shape index (κ2) is 5.01. The normalized spacial score (nSPS) is 16.8. The summed E-state index contributed by atoms with van der Waals surface area (Å²) in [6.45, 7) is 0. The molecule has 2 nitrogen and oxygen atoms in total. The van der Waals surface area contributed by atoms with E-state index in [0.29, 0.717) is 0 Å². The summed E-state index contributed by atoms with van der Waals surface area (Å²) in [7, 11) is 0. The zero-order valence-corrected chi connectivity index (χ0v) is 11.9. The summed E-state index contributed by atoms with van der Waals surface area (Å²) in [6, 6.07) is 6.46. The third kappa shape index (κ3) is 2.67. The highest BCUT2D eigenvalue weighted by molar-refractivity contribution is 9.10. The van der Waals surface area contributed by atoms with Gasteiger partial charge in [0, 0.05) is 27.6 Å². The smallest absolute Gasteiger partial charge is 0.0458 e. The molecule has 17 heavy (non-hydrogen) atoms. The van der Waals surface area contributed by atoms with Gasteiger partial charge in [-0.25, -0.2) is 0 Å². The van der Waals surface area contributed by atoms with Crippen molar-refractivity contribution in [3.63, 3.8) is 0 Å². The van der Waals surface area contributed by atoms with Crippen molar-refractivity contribution in [3.8, 4) is 0 Å². The highest BCUT2D eigenvalue weighted by Crippen LogP contribution is 2.38. The fourth-order valence-electron chi connectivity index (χ4n) is 2.26. The third-order valence-corrected chi connectivity index (χ3v) is 3.85. The Bertz CT molecular complexity index is 519. The first kappa shape index (κ1) is 12.9. The fraction of sp³-hybridized carbons (Fsp3) is 0.385. The lowest BCUT2D eigenvalue weighted by Gasteiger charge is -2.09. The molecule has 1 atom stereocenters. The maximum atomic E-state index is 6.26. The van der Waals surface area contributed by atoms with Crippen molar-refractivity contribution in [1.29, 1.82) is 0 Å². The molecule has 3 rings (SSSR count). The SMILES string of the molecule is Cl.N[C@H](CC1CC1)c1c[nH]c2ccc(Br)cc12. The van der Waals surface area contributed by atoms with Gasteiger partial charge in [-0.15, -0.1) is 12.4 Å². The molecule has 0 spiro atoms. The van der Waals surface area contributed by atoms with Gasteiger partial charge >= 0.3 is 0 Å². The molecule has 0 bridgehead atoms. The van der Waals surface area contributed by atoms with Gasteiger partial charge in [0.2, 0.25) is 0 Å². The van der Waals surface area contributed by atoms with Crippen molar-refractivity contribution in [2.75, 3.05) is 0 Å². The van der Waals surface area contributed by atoms with Crippen LogP contribution in [0.15, 0.2) is 28.9 Å². The number of halogens is 2. The van der Waals surface area contributed by atoms with E-state index in [2.05, 4.69) is 45.3 Å². The fourth-order valence-corrected chi connectivity index (χ4v) is 2.62. The van der Waals surface area contributed by atoms with Crippen LogP contribution < -0.4 is 5.73 Å². The van der Waals surface area contributed by atoms with E-state index in [-0.39, 0.29) is 18.4 Å². The molecule has 0 radical (unpaired) electrons. The van der Waals surface area contributed by atoms with Crippen molar-refractivity contribution < 1.29 is 0 Å². The van der Waals surface area contributed by atoms with Crippen molar-refractivity contribution in [2.45, 2.75) is 25.3 Å².